The Morgan fingerprint density at radius 1 is 0.353 bits per heavy atom. The minimum absolute atomic E-state index is 0.0341. The molecular formula is C81H70N4. The van der Waals surface area contributed by atoms with Gasteiger partial charge in [-0.3, -0.25) is 14.4 Å². The standard InChI is InChI=1S/C81H70N4/c1-80(2,3)63-43-45-82-74(51-63)55-37-33-53(34-38-55)65-25-13-16-28-68(65)60-47-61(69-29-17-14-26-66(69)54-35-39-56(40-36-54)75-52-64(44-46-83-75)81(4,5)6)49-62(48-60)70-30-18-15-27-67(70)59-41-42-71-72(50-59)77(57-21-9-7-10-22-57)78(58-23-11-8-12-24-58)85-76-32-20-19-31-73(76)84-79(71)85/h7-46,50-52,60-62H,47-49H2,1-6H3. The van der Waals surface area contributed by atoms with E-state index in [1.54, 1.807) is 0 Å². The molecule has 0 N–H and O–H groups in total. The molecule has 0 aliphatic heterocycles. The number of imidazole rings is 1. The highest BCUT2D eigenvalue weighted by Gasteiger charge is 2.35. The summed E-state index contributed by atoms with van der Waals surface area (Å²) in [7, 11) is 0. The van der Waals surface area contributed by atoms with Crippen molar-refractivity contribution in [3.8, 4) is 78.3 Å². The zero-order valence-corrected chi connectivity index (χ0v) is 49.5. The maximum atomic E-state index is 5.41. The molecule has 414 valence electrons. The molecule has 1 saturated carbocycles. The molecule has 2 atom stereocenters. The fraction of sp³-hybridized carbons (Fsp3) is 0.173. The number of rotatable bonds is 10. The van der Waals surface area contributed by atoms with E-state index >= 15 is 0 Å². The molecule has 0 saturated heterocycles. The molecule has 4 nitrogen and oxygen atoms in total. The molecule has 4 aromatic heterocycles. The van der Waals surface area contributed by atoms with E-state index < -0.39 is 0 Å². The van der Waals surface area contributed by atoms with Gasteiger partial charge in [-0.15, -0.1) is 0 Å². The normalized spacial score (nSPS) is 15.6. The zero-order valence-electron chi connectivity index (χ0n) is 49.5. The van der Waals surface area contributed by atoms with Crippen LogP contribution in [0, 0.1) is 0 Å². The van der Waals surface area contributed by atoms with E-state index in [0.717, 1.165) is 75.1 Å². The van der Waals surface area contributed by atoms with Crippen LogP contribution in [0.2, 0.25) is 0 Å². The zero-order chi connectivity index (χ0) is 57.8. The Morgan fingerprint density at radius 2 is 0.765 bits per heavy atom. The number of para-hydroxylation sites is 2. The lowest BCUT2D eigenvalue weighted by Gasteiger charge is -2.38. The van der Waals surface area contributed by atoms with E-state index in [4.69, 9.17) is 15.0 Å². The summed E-state index contributed by atoms with van der Waals surface area (Å²) < 4.78 is 2.40. The highest BCUT2D eigenvalue weighted by molar-refractivity contribution is 6.12. The minimum atomic E-state index is 0.0341. The summed E-state index contributed by atoms with van der Waals surface area (Å²) in [5.41, 5.74) is 26.4. The number of benzene rings is 9. The molecule has 1 fully saturated rings. The van der Waals surface area contributed by atoms with Crippen LogP contribution in [0.3, 0.4) is 0 Å². The quantitative estimate of drug-likeness (QED) is 0.137. The van der Waals surface area contributed by atoms with Gasteiger partial charge in [0.25, 0.3) is 0 Å². The maximum Gasteiger partial charge on any atom is 0.146 e. The highest BCUT2D eigenvalue weighted by atomic mass is 15.0. The first-order valence-corrected chi connectivity index (χ1v) is 30.3. The molecule has 1 aliphatic carbocycles. The molecule has 14 rings (SSSR count). The summed E-state index contributed by atoms with van der Waals surface area (Å²) >= 11 is 0. The third-order valence-electron chi connectivity index (χ3n) is 18.1. The molecule has 13 aromatic rings. The number of nitrogens with zero attached hydrogens (tertiary/aromatic N) is 4. The number of aromatic nitrogens is 4. The van der Waals surface area contributed by atoms with E-state index in [0.29, 0.717) is 0 Å². The van der Waals surface area contributed by atoms with Crippen LogP contribution in [0.5, 0.6) is 0 Å². The molecule has 2 unspecified atom stereocenters. The molecule has 0 radical (unpaired) electrons. The van der Waals surface area contributed by atoms with Crippen molar-refractivity contribution in [2.45, 2.75) is 89.4 Å². The smallest absolute Gasteiger partial charge is 0.146 e. The highest BCUT2D eigenvalue weighted by Crippen LogP contribution is 2.53. The molecule has 4 heteroatoms. The molecule has 9 aromatic carbocycles. The van der Waals surface area contributed by atoms with Gasteiger partial charge in [0.2, 0.25) is 0 Å². The first-order valence-electron chi connectivity index (χ1n) is 30.3. The van der Waals surface area contributed by atoms with Crippen molar-refractivity contribution in [3.05, 3.63) is 289 Å². The van der Waals surface area contributed by atoms with Gasteiger partial charge >= 0.3 is 0 Å². The average Bonchev–Trinajstić information content (AvgIpc) is 1.74. The Bertz CT molecular complexity index is 4430. The lowest BCUT2D eigenvalue weighted by molar-refractivity contribution is 0.353. The first-order chi connectivity index (χ1) is 41.4. The maximum absolute atomic E-state index is 5.41. The van der Waals surface area contributed by atoms with Crippen LogP contribution in [0.25, 0.3) is 106 Å². The second kappa shape index (κ2) is 21.9. The van der Waals surface area contributed by atoms with Gasteiger partial charge < -0.3 is 0 Å². The van der Waals surface area contributed by atoms with Gasteiger partial charge in [0.1, 0.15) is 5.65 Å². The van der Waals surface area contributed by atoms with Crippen molar-refractivity contribution in [3.63, 3.8) is 0 Å². The van der Waals surface area contributed by atoms with Crippen LogP contribution in [0.4, 0.5) is 0 Å². The predicted octanol–water partition coefficient (Wildman–Crippen LogP) is 21.5. The second-order valence-electron chi connectivity index (χ2n) is 25.5. The van der Waals surface area contributed by atoms with Crippen LogP contribution in [0.1, 0.15) is 106 Å². The van der Waals surface area contributed by atoms with Gasteiger partial charge in [-0.05, 0) is 174 Å². The summed E-state index contributed by atoms with van der Waals surface area (Å²) in [5, 5.41) is 2.32. The molecular weight excluding hydrogens is 1030 g/mol. The number of hydrogen-bond donors (Lipinski definition) is 0. The molecule has 0 spiro atoms. The van der Waals surface area contributed by atoms with Crippen LogP contribution >= 0.6 is 0 Å². The Kier molecular flexibility index (Phi) is 13.8. The molecule has 0 amide bonds. The van der Waals surface area contributed by atoms with Crippen molar-refractivity contribution in [1.29, 1.82) is 0 Å². The van der Waals surface area contributed by atoms with Gasteiger partial charge in [0, 0.05) is 34.5 Å². The Morgan fingerprint density at radius 3 is 1.26 bits per heavy atom. The van der Waals surface area contributed by atoms with E-state index in [-0.39, 0.29) is 28.6 Å². The molecule has 1 aliphatic rings. The SMILES string of the molecule is CC(C)(C)c1ccnc(-c2ccc(-c3ccccc3C3CC(c4ccccc4-c4ccc(-c5cc(C(C)(C)C)ccn5)cc4)CC(c4ccccc4-c4ccc5c(c4)c(-c4ccccc4)c(-c4ccccc4)n4c6ccccc6nc54)C3)cc2)c1. The number of pyridine rings is 3. The van der Waals surface area contributed by atoms with Crippen molar-refractivity contribution in [2.75, 3.05) is 0 Å². The van der Waals surface area contributed by atoms with Crippen molar-refractivity contribution in [1.82, 2.24) is 19.4 Å². The lowest BCUT2D eigenvalue weighted by atomic mass is 9.66. The van der Waals surface area contributed by atoms with Crippen LogP contribution in [0.15, 0.2) is 261 Å². The Balaban J connectivity index is 0.903. The number of hydrogen-bond acceptors (Lipinski definition) is 3. The summed E-state index contributed by atoms with van der Waals surface area (Å²) in [5.74, 6) is 0.788. The third-order valence-corrected chi connectivity index (χ3v) is 18.1. The third kappa shape index (κ3) is 10.2. The van der Waals surface area contributed by atoms with Crippen molar-refractivity contribution < 1.29 is 0 Å². The van der Waals surface area contributed by atoms with Gasteiger partial charge in [-0.25, -0.2) is 4.98 Å². The van der Waals surface area contributed by atoms with Crippen LogP contribution in [-0.4, -0.2) is 19.4 Å². The largest absolute Gasteiger partial charge is 0.291 e. The van der Waals surface area contributed by atoms with E-state index in [1.165, 1.54) is 77.7 Å². The Labute approximate surface area is 500 Å². The molecule has 85 heavy (non-hydrogen) atoms. The predicted molar refractivity (Wildman–Crippen MR) is 356 cm³/mol. The van der Waals surface area contributed by atoms with Crippen LogP contribution in [-0.2, 0) is 10.8 Å². The van der Waals surface area contributed by atoms with E-state index in [2.05, 4.69) is 295 Å². The van der Waals surface area contributed by atoms with Crippen molar-refractivity contribution in [2.24, 2.45) is 0 Å². The molecule has 0 bridgehead atoms. The lowest BCUT2D eigenvalue weighted by Crippen LogP contribution is -2.21. The van der Waals surface area contributed by atoms with E-state index in [9.17, 15) is 0 Å². The monoisotopic (exact) mass is 1100 g/mol. The summed E-state index contributed by atoms with van der Waals surface area (Å²) in [6.07, 6.45) is 6.98. The molecule has 4 heterocycles. The summed E-state index contributed by atoms with van der Waals surface area (Å²) in [6.45, 7) is 13.6. The van der Waals surface area contributed by atoms with Crippen LogP contribution < -0.4 is 0 Å². The fourth-order valence-electron chi connectivity index (χ4n) is 13.7. The summed E-state index contributed by atoms with van der Waals surface area (Å²) in [6, 6.07) is 92.5. The minimum Gasteiger partial charge on any atom is -0.291 e. The topological polar surface area (TPSA) is 43.1 Å². The second-order valence-corrected chi connectivity index (χ2v) is 25.5. The first kappa shape index (κ1) is 53.5. The van der Waals surface area contributed by atoms with Gasteiger partial charge in [-0.1, -0.05) is 242 Å². The van der Waals surface area contributed by atoms with Gasteiger partial charge in [0.15, 0.2) is 0 Å². The number of fused-ring (bicyclic) bond motifs is 5. The van der Waals surface area contributed by atoms with E-state index in [1.807, 2.05) is 12.4 Å². The van der Waals surface area contributed by atoms with Gasteiger partial charge in [-0.2, -0.15) is 0 Å². The summed E-state index contributed by atoms with van der Waals surface area (Å²) in [4.78, 5) is 15.1. The van der Waals surface area contributed by atoms with Crippen molar-refractivity contribution >= 4 is 27.5 Å². The average molecular weight is 1100 g/mol. The fourth-order valence-corrected chi connectivity index (χ4v) is 13.7. The Hall–Kier alpha value is -9.51. The van der Waals surface area contributed by atoms with Gasteiger partial charge in [0.05, 0.1) is 28.1 Å².